The Hall–Kier alpha value is -1.63. The zero-order valence-electron chi connectivity index (χ0n) is 8.33. The van der Waals surface area contributed by atoms with Gasteiger partial charge in [-0.2, -0.15) is 0 Å². The molecule has 1 nitrogen and oxygen atoms in total. The first-order valence-corrected chi connectivity index (χ1v) is 4.77. The fraction of sp³-hybridized carbons (Fsp3) is 0.154. The van der Waals surface area contributed by atoms with Crippen LogP contribution in [-0.4, -0.2) is 4.98 Å². The minimum Gasteiger partial charge on any atom is -0.253 e. The molecule has 0 unspecified atom stereocenters. The van der Waals surface area contributed by atoms with Gasteiger partial charge in [-0.15, -0.1) is 6.58 Å². The van der Waals surface area contributed by atoms with E-state index in [9.17, 15) is 0 Å². The maximum Gasteiger partial charge on any atom is 0.0708 e. The van der Waals surface area contributed by atoms with Gasteiger partial charge >= 0.3 is 0 Å². The van der Waals surface area contributed by atoms with Crippen molar-refractivity contribution < 1.29 is 0 Å². The van der Waals surface area contributed by atoms with Crippen LogP contribution in [0.4, 0.5) is 0 Å². The second-order valence-electron chi connectivity index (χ2n) is 3.43. The normalized spacial score (nSPS) is 10.4. The molecule has 0 fully saturated rings. The molecule has 2 rings (SSSR count). The maximum absolute atomic E-state index is 4.48. The summed E-state index contributed by atoms with van der Waals surface area (Å²) in [5, 5.41) is 1.23. The van der Waals surface area contributed by atoms with E-state index in [1.54, 1.807) is 0 Å². The number of nitrogens with zero attached hydrogens (tertiary/aromatic N) is 1. The zero-order valence-corrected chi connectivity index (χ0v) is 8.33. The molecule has 14 heavy (non-hydrogen) atoms. The fourth-order valence-electron chi connectivity index (χ4n) is 1.72. The molecule has 0 aliphatic carbocycles. The van der Waals surface area contributed by atoms with Gasteiger partial charge in [-0.3, -0.25) is 4.98 Å². The molecule has 70 valence electrons. The predicted octanol–water partition coefficient (Wildman–Crippen LogP) is 3.27. The van der Waals surface area contributed by atoms with Crippen molar-refractivity contribution >= 4 is 10.9 Å². The molecule has 0 atom stereocenters. The van der Waals surface area contributed by atoms with E-state index in [1.807, 2.05) is 25.1 Å². The molecule has 1 heterocycles. The number of pyridine rings is 1. The van der Waals surface area contributed by atoms with Gasteiger partial charge in [-0.05, 0) is 31.0 Å². The third-order valence-corrected chi connectivity index (χ3v) is 2.29. The average molecular weight is 183 g/mol. The molecule has 0 saturated heterocycles. The summed E-state index contributed by atoms with van der Waals surface area (Å²) in [6, 6.07) is 10.4. The molecule has 1 aromatic carbocycles. The van der Waals surface area contributed by atoms with Gasteiger partial charge in [0.2, 0.25) is 0 Å². The van der Waals surface area contributed by atoms with E-state index in [1.165, 1.54) is 10.9 Å². The zero-order chi connectivity index (χ0) is 9.97. The number of aryl methyl sites for hydroxylation is 1. The molecule has 0 radical (unpaired) electrons. The third kappa shape index (κ3) is 1.53. The van der Waals surface area contributed by atoms with Crippen molar-refractivity contribution in [2.24, 2.45) is 0 Å². The molecule has 2 aromatic rings. The molecule has 0 saturated carbocycles. The van der Waals surface area contributed by atoms with Crippen LogP contribution in [0.5, 0.6) is 0 Å². The Kier molecular flexibility index (Phi) is 2.32. The smallest absolute Gasteiger partial charge is 0.0708 e. The summed E-state index contributed by atoms with van der Waals surface area (Å²) in [6.45, 7) is 5.80. The van der Waals surface area contributed by atoms with Crippen LogP contribution >= 0.6 is 0 Å². The van der Waals surface area contributed by atoms with Crippen molar-refractivity contribution in [2.45, 2.75) is 13.3 Å². The van der Waals surface area contributed by atoms with Crippen molar-refractivity contribution in [3.8, 4) is 0 Å². The number of rotatable bonds is 2. The highest BCUT2D eigenvalue weighted by atomic mass is 14.7. The van der Waals surface area contributed by atoms with Crippen LogP contribution in [0.15, 0.2) is 43.0 Å². The van der Waals surface area contributed by atoms with E-state index in [0.29, 0.717) is 0 Å². The topological polar surface area (TPSA) is 12.9 Å². The lowest BCUT2D eigenvalue weighted by Crippen LogP contribution is -1.90. The Labute approximate surface area is 84.1 Å². The molecule has 0 bridgehead atoms. The second kappa shape index (κ2) is 3.62. The first kappa shape index (κ1) is 8.95. The SMILES string of the molecule is C=CCc1cc(C)nc2ccccc12. The summed E-state index contributed by atoms with van der Waals surface area (Å²) in [5.74, 6) is 0. The first-order chi connectivity index (χ1) is 6.81. The van der Waals surface area contributed by atoms with E-state index in [-0.39, 0.29) is 0 Å². The summed E-state index contributed by atoms with van der Waals surface area (Å²) in [6.07, 6.45) is 2.84. The predicted molar refractivity (Wildman–Crippen MR) is 60.4 cm³/mol. The van der Waals surface area contributed by atoms with E-state index in [4.69, 9.17) is 0 Å². The Morgan fingerprint density at radius 3 is 2.93 bits per heavy atom. The Bertz CT molecular complexity index is 472. The van der Waals surface area contributed by atoms with E-state index in [2.05, 4.69) is 29.8 Å². The van der Waals surface area contributed by atoms with Gasteiger partial charge in [0.15, 0.2) is 0 Å². The van der Waals surface area contributed by atoms with Gasteiger partial charge < -0.3 is 0 Å². The summed E-state index contributed by atoms with van der Waals surface area (Å²) in [5.41, 5.74) is 3.45. The van der Waals surface area contributed by atoms with Crippen molar-refractivity contribution in [3.63, 3.8) is 0 Å². The number of benzene rings is 1. The number of fused-ring (bicyclic) bond motifs is 1. The summed E-state index contributed by atoms with van der Waals surface area (Å²) >= 11 is 0. The van der Waals surface area contributed by atoms with Gasteiger partial charge in [0.05, 0.1) is 5.52 Å². The minimum absolute atomic E-state index is 0.907. The third-order valence-electron chi connectivity index (χ3n) is 2.29. The largest absolute Gasteiger partial charge is 0.253 e. The van der Waals surface area contributed by atoms with Crippen LogP contribution < -0.4 is 0 Å². The van der Waals surface area contributed by atoms with Gasteiger partial charge in [0.1, 0.15) is 0 Å². The Balaban J connectivity index is 2.73. The lowest BCUT2D eigenvalue weighted by molar-refractivity contribution is 1.20. The molecular formula is C13H13N. The van der Waals surface area contributed by atoms with Crippen LogP contribution in [0.3, 0.4) is 0 Å². The quantitative estimate of drug-likeness (QED) is 0.651. The molecule has 0 amide bonds. The van der Waals surface area contributed by atoms with Gasteiger partial charge in [-0.1, -0.05) is 24.3 Å². The van der Waals surface area contributed by atoms with E-state index in [0.717, 1.165) is 17.6 Å². The van der Waals surface area contributed by atoms with Crippen LogP contribution in [0.2, 0.25) is 0 Å². The van der Waals surface area contributed by atoms with Crippen LogP contribution in [0, 0.1) is 6.92 Å². The molecular weight excluding hydrogens is 170 g/mol. The van der Waals surface area contributed by atoms with E-state index >= 15 is 0 Å². The van der Waals surface area contributed by atoms with Crippen LogP contribution in [0.25, 0.3) is 10.9 Å². The number of hydrogen-bond acceptors (Lipinski definition) is 1. The van der Waals surface area contributed by atoms with Crippen molar-refractivity contribution in [1.29, 1.82) is 0 Å². The maximum atomic E-state index is 4.48. The van der Waals surface area contributed by atoms with Crippen molar-refractivity contribution in [2.75, 3.05) is 0 Å². The standard InChI is InChI=1S/C13H13N/c1-3-6-11-9-10(2)14-13-8-5-4-7-12(11)13/h3-5,7-9H,1,6H2,2H3. The summed E-state index contributed by atoms with van der Waals surface area (Å²) in [7, 11) is 0. The molecule has 1 aromatic heterocycles. The molecule has 0 N–H and O–H groups in total. The number of allylic oxidation sites excluding steroid dienone is 1. The van der Waals surface area contributed by atoms with Gasteiger partial charge in [0, 0.05) is 11.1 Å². The highest BCUT2D eigenvalue weighted by Gasteiger charge is 2.00. The minimum atomic E-state index is 0.907. The highest BCUT2D eigenvalue weighted by molar-refractivity contribution is 5.82. The lowest BCUT2D eigenvalue weighted by Gasteiger charge is -2.04. The molecule has 0 aliphatic heterocycles. The first-order valence-electron chi connectivity index (χ1n) is 4.77. The Morgan fingerprint density at radius 1 is 1.36 bits per heavy atom. The van der Waals surface area contributed by atoms with Gasteiger partial charge in [-0.25, -0.2) is 0 Å². The summed E-state index contributed by atoms with van der Waals surface area (Å²) in [4.78, 5) is 4.48. The van der Waals surface area contributed by atoms with Crippen LogP contribution in [-0.2, 0) is 6.42 Å². The van der Waals surface area contributed by atoms with Crippen LogP contribution in [0.1, 0.15) is 11.3 Å². The number of aromatic nitrogens is 1. The second-order valence-corrected chi connectivity index (χ2v) is 3.43. The number of para-hydroxylation sites is 1. The molecule has 0 aliphatic rings. The van der Waals surface area contributed by atoms with Gasteiger partial charge in [0.25, 0.3) is 0 Å². The molecule has 0 spiro atoms. The summed E-state index contributed by atoms with van der Waals surface area (Å²) < 4.78 is 0. The fourth-order valence-corrected chi connectivity index (χ4v) is 1.72. The molecule has 1 heteroatoms. The van der Waals surface area contributed by atoms with E-state index < -0.39 is 0 Å². The van der Waals surface area contributed by atoms with Crippen molar-refractivity contribution in [3.05, 3.63) is 54.2 Å². The lowest BCUT2D eigenvalue weighted by atomic mass is 10.1. The Morgan fingerprint density at radius 2 is 2.14 bits per heavy atom. The monoisotopic (exact) mass is 183 g/mol. The number of hydrogen-bond donors (Lipinski definition) is 0. The average Bonchev–Trinajstić information content (AvgIpc) is 2.18. The highest BCUT2D eigenvalue weighted by Crippen LogP contribution is 2.18. The van der Waals surface area contributed by atoms with Crippen molar-refractivity contribution in [1.82, 2.24) is 4.98 Å².